The highest BCUT2D eigenvalue weighted by molar-refractivity contribution is 7.14. The number of carbonyl (C=O) groups is 1. The minimum absolute atomic E-state index is 0.0919. The molecule has 1 amide bonds. The number of ether oxygens (including phenoxy) is 1. The van der Waals surface area contributed by atoms with Gasteiger partial charge in [-0.25, -0.2) is 4.98 Å². The van der Waals surface area contributed by atoms with E-state index in [1.54, 1.807) is 23.6 Å². The van der Waals surface area contributed by atoms with E-state index >= 15 is 0 Å². The lowest BCUT2D eigenvalue weighted by molar-refractivity contribution is -0.390. The van der Waals surface area contributed by atoms with Crippen LogP contribution < -0.4 is 10.1 Å². The molecule has 0 aliphatic heterocycles. The lowest BCUT2D eigenvalue weighted by atomic mass is 10.2. The Morgan fingerprint density at radius 1 is 1.32 bits per heavy atom. The third-order valence-corrected chi connectivity index (χ3v) is 5.04. The molecule has 0 saturated carbocycles. The molecule has 144 valence electrons. The molecule has 2 aromatic heterocycles. The predicted molar refractivity (Wildman–Crippen MR) is 107 cm³/mol. The summed E-state index contributed by atoms with van der Waals surface area (Å²) in [5, 5.41) is 16.5. The van der Waals surface area contributed by atoms with Crippen LogP contribution in [0.15, 0.2) is 41.9 Å². The number of pyridine rings is 1. The lowest BCUT2D eigenvalue weighted by Gasteiger charge is -2.13. The fraction of sp³-hybridized carbons (Fsp3) is 0.118. The van der Waals surface area contributed by atoms with Gasteiger partial charge in [-0.05, 0) is 41.1 Å². The number of nitrogens with zero attached hydrogens (tertiary/aromatic N) is 3. The van der Waals surface area contributed by atoms with E-state index in [9.17, 15) is 14.9 Å². The molecule has 1 aromatic carbocycles. The third kappa shape index (κ3) is 4.56. The Kier molecular flexibility index (Phi) is 6.08. The van der Waals surface area contributed by atoms with Gasteiger partial charge in [-0.1, -0.05) is 29.3 Å². The first-order valence-corrected chi connectivity index (χ1v) is 9.46. The molecule has 1 N–H and O–H groups in total. The number of hydrogen-bond acceptors (Lipinski definition) is 7. The quantitative estimate of drug-likeness (QED) is 0.436. The first-order chi connectivity index (χ1) is 13.3. The van der Waals surface area contributed by atoms with Crippen LogP contribution in [0.4, 0.5) is 10.9 Å². The molecule has 0 fully saturated rings. The van der Waals surface area contributed by atoms with Crippen LogP contribution in [0.2, 0.25) is 10.0 Å². The summed E-state index contributed by atoms with van der Waals surface area (Å²) in [6, 6.07) is 7.96. The molecule has 0 aliphatic rings. The molecule has 0 spiro atoms. The van der Waals surface area contributed by atoms with Gasteiger partial charge in [-0.15, -0.1) is 11.3 Å². The Morgan fingerprint density at radius 3 is 2.82 bits per heavy atom. The number of amides is 1. The topological polar surface area (TPSA) is 107 Å². The molecule has 0 unspecified atom stereocenters. The largest absolute Gasteiger partial charge is 0.473 e. The molecule has 2 heterocycles. The fourth-order valence-corrected chi connectivity index (χ4v) is 3.20. The molecular formula is C17H12Cl2N4O4S. The Morgan fingerprint density at radius 2 is 2.11 bits per heavy atom. The van der Waals surface area contributed by atoms with E-state index in [1.807, 2.05) is 0 Å². The summed E-state index contributed by atoms with van der Waals surface area (Å²) >= 11 is 13.1. The molecule has 1 atom stereocenters. The predicted octanol–water partition coefficient (Wildman–Crippen LogP) is 4.83. The number of thiazole rings is 1. The number of halogens is 2. The number of rotatable bonds is 6. The van der Waals surface area contributed by atoms with Crippen LogP contribution in [0.3, 0.4) is 0 Å². The van der Waals surface area contributed by atoms with Gasteiger partial charge in [0.05, 0.1) is 15.7 Å². The van der Waals surface area contributed by atoms with Gasteiger partial charge in [0.2, 0.25) is 5.75 Å². The molecule has 11 heteroatoms. The number of nitrogens with one attached hydrogen (secondary N) is 1. The van der Waals surface area contributed by atoms with Crippen LogP contribution in [0, 0.1) is 10.1 Å². The maximum atomic E-state index is 12.3. The second kappa shape index (κ2) is 8.51. The number of nitro groups is 1. The minimum atomic E-state index is -1.000. The maximum absolute atomic E-state index is 12.3. The van der Waals surface area contributed by atoms with E-state index in [0.717, 1.165) is 5.56 Å². The van der Waals surface area contributed by atoms with Gasteiger partial charge >= 0.3 is 5.82 Å². The molecule has 0 radical (unpaired) electrons. The molecule has 0 bridgehead atoms. The van der Waals surface area contributed by atoms with Crippen LogP contribution in [-0.2, 0) is 4.79 Å². The van der Waals surface area contributed by atoms with Crippen LogP contribution in [0.5, 0.6) is 5.75 Å². The number of aromatic nitrogens is 2. The first-order valence-electron chi connectivity index (χ1n) is 7.83. The lowest BCUT2D eigenvalue weighted by Crippen LogP contribution is -2.30. The van der Waals surface area contributed by atoms with Gasteiger partial charge in [0, 0.05) is 10.9 Å². The van der Waals surface area contributed by atoms with E-state index in [1.165, 1.54) is 36.6 Å². The van der Waals surface area contributed by atoms with Crippen molar-refractivity contribution in [2.75, 3.05) is 5.32 Å². The summed E-state index contributed by atoms with van der Waals surface area (Å²) in [6.07, 6.45) is 0.274. The maximum Gasteiger partial charge on any atom is 0.406 e. The zero-order valence-electron chi connectivity index (χ0n) is 14.3. The minimum Gasteiger partial charge on any atom is -0.473 e. The summed E-state index contributed by atoms with van der Waals surface area (Å²) in [5.74, 6) is -1.06. The van der Waals surface area contributed by atoms with Crippen molar-refractivity contribution in [2.45, 2.75) is 13.0 Å². The van der Waals surface area contributed by atoms with Gasteiger partial charge < -0.3 is 14.9 Å². The monoisotopic (exact) mass is 438 g/mol. The highest BCUT2D eigenvalue weighted by atomic mass is 35.5. The smallest absolute Gasteiger partial charge is 0.406 e. The van der Waals surface area contributed by atoms with Crippen LogP contribution in [0.25, 0.3) is 11.3 Å². The van der Waals surface area contributed by atoms with Crippen molar-refractivity contribution in [3.8, 4) is 17.0 Å². The zero-order valence-corrected chi connectivity index (χ0v) is 16.6. The van der Waals surface area contributed by atoms with E-state index in [2.05, 4.69) is 15.3 Å². The average Bonchev–Trinajstić information content (AvgIpc) is 3.12. The summed E-state index contributed by atoms with van der Waals surface area (Å²) in [5.41, 5.74) is 1.37. The van der Waals surface area contributed by atoms with E-state index < -0.39 is 22.8 Å². The van der Waals surface area contributed by atoms with E-state index in [0.29, 0.717) is 20.9 Å². The van der Waals surface area contributed by atoms with Gasteiger partial charge in [0.1, 0.15) is 6.20 Å². The zero-order chi connectivity index (χ0) is 20.3. The average molecular weight is 439 g/mol. The molecule has 8 nitrogen and oxygen atoms in total. The van der Waals surface area contributed by atoms with Crippen molar-refractivity contribution >= 4 is 51.4 Å². The second-order valence-corrected chi connectivity index (χ2v) is 7.17. The molecule has 0 aliphatic carbocycles. The standard InChI is InChI=1S/C17H12Cl2N4O4S/c1-9(27-14-3-2-6-20-15(14)23(25)26)16(24)22-17-21-13(8-28-17)10-4-5-11(18)12(19)7-10/h2-9H,1H3,(H,21,22,24)/t9-/m0/s1. The van der Waals surface area contributed by atoms with Crippen molar-refractivity contribution < 1.29 is 14.5 Å². The summed E-state index contributed by atoms with van der Waals surface area (Å²) in [4.78, 5) is 30.6. The van der Waals surface area contributed by atoms with Crippen molar-refractivity contribution in [3.05, 3.63) is 62.1 Å². The van der Waals surface area contributed by atoms with Crippen molar-refractivity contribution in [1.29, 1.82) is 0 Å². The third-order valence-electron chi connectivity index (χ3n) is 3.55. The Balaban J connectivity index is 1.69. The van der Waals surface area contributed by atoms with Gasteiger partial charge in [-0.3, -0.25) is 10.1 Å². The van der Waals surface area contributed by atoms with Crippen LogP contribution in [-0.4, -0.2) is 26.9 Å². The van der Waals surface area contributed by atoms with Gasteiger partial charge in [0.25, 0.3) is 5.91 Å². The molecule has 3 aromatic rings. The fourth-order valence-electron chi connectivity index (χ4n) is 2.18. The van der Waals surface area contributed by atoms with E-state index in [4.69, 9.17) is 27.9 Å². The number of benzene rings is 1. The second-order valence-electron chi connectivity index (χ2n) is 5.50. The normalized spacial score (nSPS) is 11.7. The molecule has 28 heavy (non-hydrogen) atoms. The highest BCUT2D eigenvalue weighted by Gasteiger charge is 2.22. The molecular weight excluding hydrogens is 427 g/mol. The number of hydrogen-bond donors (Lipinski definition) is 1. The van der Waals surface area contributed by atoms with Crippen molar-refractivity contribution in [2.24, 2.45) is 0 Å². The number of anilines is 1. The number of carbonyl (C=O) groups excluding carboxylic acids is 1. The molecule has 0 saturated heterocycles. The van der Waals surface area contributed by atoms with Crippen molar-refractivity contribution in [1.82, 2.24) is 9.97 Å². The van der Waals surface area contributed by atoms with Gasteiger partial charge in [-0.2, -0.15) is 0 Å². The first kappa shape index (κ1) is 20.0. The van der Waals surface area contributed by atoms with Crippen molar-refractivity contribution in [3.63, 3.8) is 0 Å². The Labute approximate surface area is 173 Å². The van der Waals surface area contributed by atoms with Gasteiger partial charge in [0.15, 0.2) is 11.2 Å². The SMILES string of the molecule is C[C@H](Oc1cccnc1[N+](=O)[O-])C(=O)Nc1nc(-c2ccc(Cl)c(Cl)c2)cs1. The summed E-state index contributed by atoms with van der Waals surface area (Å²) < 4.78 is 5.39. The molecule has 3 rings (SSSR count). The Bertz CT molecular complexity index is 1040. The highest BCUT2D eigenvalue weighted by Crippen LogP contribution is 2.30. The van der Waals surface area contributed by atoms with Crippen LogP contribution >= 0.6 is 34.5 Å². The summed E-state index contributed by atoms with van der Waals surface area (Å²) in [6.45, 7) is 1.47. The Hall–Kier alpha value is -2.75. The van der Waals surface area contributed by atoms with E-state index in [-0.39, 0.29) is 5.75 Å². The van der Waals surface area contributed by atoms with Crippen LogP contribution in [0.1, 0.15) is 6.92 Å². The summed E-state index contributed by atoms with van der Waals surface area (Å²) in [7, 11) is 0.